The molecule has 2 N–H and O–H groups in total. The summed E-state index contributed by atoms with van der Waals surface area (Å²) >= 11 is 0. The molecule has 0 aliphatic heterocycles. The van der Waals surface area contributed by atoms with Gasteiger partial charge in [0.05, 0.1) is 12.5 Å². The van der Waals surface area contributed by atoms with Crippen LogP contribution in [0.5, 0.6) is 0 Å². The van der Waals surface area contributed by atoms with Crippen molar-refractivity contribution in [3.8, 4) is 0 Å². The maximum atomic E-state index is 12.1. The van der Waals surface area contributed by atoms with Crippen LogP contribution in [0.2, 0.25) is 0 Å². The molecule has 0 heterocycles. The van der Waals surface area contributed by atoms with Crippen molar-refractivity contribution >= 4 is 17.5 Å². The SMILES string of the molecule is C/C(CC(=O)NC(C)c1ccccc1)=N/NC(=O)c1cccc(C)c1. The first-order valence-electron chi connectivity index (χ1n) is 8.20. The van der Waals surface area contributed by atoms with Gasteiger partial charge < -0.3 is 5.32 Å². The van der Waals surface area contributed by atoms with Gasteiger partial charge >= 0.3 is 0 Å². The van der Waals surface area contributed by atoms with Gasteiger partial charge in [0.2, 0.25) is 5.91 Å². The Bertz CT molecular complexity index is 770. The molecule has 25 heavy (non-hydrogen) atoms. The number of carbonyl (C=O) groups is 2. The number of benzene rings is 2. The van der Waals surface area contributed by atoms with E-state index in [2.05, 4.69) is 15.8 Å². The van der Waals surface area contributed by atoms with Gasteiger partial charge in [0.1, 0.15) is 0 Å². The summed E-state index contributed by atoms with van der Waals surface area (Å²) in [4.78, 5) is 24.1. The minimum atomic E-state index is -0.291. The molecule has 0 saturated heterocycles. The molecule has 0 bridgehead atoms. The molecule has 0 aliphatic rings. The monoisotopic (exact) mass is 337 g/mol. The summed E-state index contributed by atoms with van der Waals surface area (Å²) < 4.78 is 0. The number of amides is 2. The highest BCUT2D eigenvalue weighted by molar-refractivity contribution is 6.01. The summed E-state index contributed by atoms with van der Waals surface area (Å²) in [6.07, 6.45) is 0.130. The highest BCUT2D eigenvalue weighted by atomic mass is 16.2. The number of aryl methyl sites for hydroxylation is 1. The third-order valence-electron chi connectivity index (χ3n) is 3.72. The molecular formula is C20H23N3O2. The first-order valence-corrected chi connectivity index (χ1v) is 8.20. The summed E-state index contributed by atoms with van der Waals surface area (Å²) in [5.74, 6) is -0.427. The van der Waals surface area contributed by atoms with E-state index in [9.17, 15) is 9.59 Å². The summed E-state index contributed by atoms with van der Waals surface area (Å²) in [7, 11) is 0. The van der Waals surface area contributed by atoms with Crippen LogP contribution in [-0.4, -0.2) is 17.5 Å². The van der Waals surface area contributed by atoms with Crippen molar-refractivity contribution < 1.29 is 9.59 Å². The predicted molar refractivity (Wildman–Crippen MR) is 99.4 cm³/mol. The van der Waals surface area contributed by atoms with Crippen molar-refractivity contribution in [2.75, 3.05) is 0 Å². The Balaban J connectivity index is 1.86. The van der Waals surface area contributed by atoms with E-state index in [4.69, 9.17) is 0 Å². The molecule has 130 valence electrons. The quantitative estimate of drug-likeness (QED) is 0.627. The van der Waals surface area contributed by atoms with E-state index in [-0.39, 0.29) is 24.3 Å². The summed E-state index contributed by atoms with van der Waals surface area (Å²) in [5.41, 5.74) is 5.61. The van der Waals surface area contributed by atoms with Crippen LogP contribution in [0.4, 0.5) is 0 Å². The molecule has 2 aromatic rings. The molecule has 5 nitrogen and oxygen atoms in total. The van der Waals surface area contributed by atoms with Crippen molar-refractivity contribution in [1.82, 2.24) is 10.7 Å². The molecule has 0 spiro atoms. The van der Waals surface area contributed by atoms with Crippen LogP contribution in [0, 0.1) is 6.92 Å². The summed E-state index contributed by atoms with van der Waals surface area (Å²) in [6.45, 7) is 5.56. The molecule has 2 aromatic carbocycles. The molecule has 0 aliphatic carbocycles. The average Bonchev–Trinajstić information content (AvgIpc) is 2.60. The van der Waals surface area contributed by atoms with Gasteiger partial charge in [0, 0.05) is 11.3 Å². The average molecular weight is 337 g/mol. The van der Waals surface area contributed by atoms with E-state index in [1.807, 2.05) is 56.3 Å². The third-order valence-corrected chi connectivity index (χ3v) is 3.72. The highest BCUT2D eigenvalue weighted by Crippen LogP contribution is 2.11. The fraction of sp³-hybridized carbons (Fsp3) is 0.250. The van der Waals surface area contributed by atoms with Gasteiger partial charge in [0.25, 0.3) is 5.91 Å². The lowest BCUT2D eigenvalue weighted by Gasteiger charge is -2.14. The Morgan fingerprint density at radius 1 is 1.08 bits per heavy atom. The van der Waals surface area contributed by atoms with Crippen molar-refractivity contribution in [3.05, 3.63) is 71.3 Å². The molecule has 2 amide bonds. The minimum absolute atomic E-state index is 0.0802. The molecule has 0 radical (unpaired) electrons. The van der Waals surface area contributed by atoms with Crippen LogP contribution in [0.25, 0.3) is 0 Å². The Kier molecular flexibility index (Phi) is 6.46. The zero-order chi connectivity index (χ0) is 18.2. The highest BCUT2D eigenvalue weighted by Gasteiger charge is 2.11. The predicted octanol–water partition coefficient (Wildman–Crippen LogP) is 3.37. The Hall–Kier alpha value is -2.95. The van der Waals surface area contributed by atoms with Crippen LogP contribution in [-0.2, 0) is 4.79 Å². The second-order valence-electron chi connectivity index (χ2n) is 6.03. The first kappa shape index (κ1) is 18.4. The van der Waals surface area contributed by atoms with Crippen molar-refractivity contribution in [1.29, 1.82) is 0 Å². The van der Waals surface area contributed by atoms with E-state index in [0.717, 1.165) is 11.1 Å². The van der Waals surface area contributed by atoms with Gasteiger partial charge in [0.15, 0.2) is 0 Å². The lowest BCUT2D eigenvalue weighted by molar-refractivity contribution is -0.120. The first-order chi connectivity index (χ1) is 12.0. The van der Waals surface area contributed by atoms with Crippen LogP contribution in [0.1, 0.15) is 47.8 Å². The fourth-order valence-corrected chi connectivity index (χ4v) is 2.39. The largest absolute Gasteiger partial charge is 0.349 e. The summed E-state index contributed by atoms with van der Waals surface area (Å²) in [6, 6.07) is 16.9. The second kappa shape index (κ2) is 8.78. The number of nitrogens with one attached hydrogen (secondary N) is 2. The smallest absolute Gasteiger partial charge is 0.271 e. The zero-order valence-electron chi connectivity index (χ0n) is 14.7. The van der Waals surface area contributed by atoms with E-state index in [1.54, 1.807) is 19.1 Å². The number of nitrogens with zero attached hydrogens (tertiary/aromatic N) is 1. The number of carbonyl (C=O) groups excluding carboxylic acids is 2. The van der Waals surface area contributed by atoms with Crippen LogP contribution in [0.3, 0.4) is 0 Å². The van der Waals surface area contributed by atoms with Crippen molar-refractivity contribution in [3.63, 3.8) is 0 Å². The molecule has 0 saturated carbocycles. The molecular weight excluding hydrogens is 314 g/mol. The van der Waals surface area contributed by atoms with Gasteiger partial charge in [-0.2, -0.15) is 5.10 Å². The van der Waals surface area contributed by atoms with Gasteiger partial charge in [-0.1, -0.05) is 48.0 Å². The second-order valence-corrected chi connectivity index (χ2v) is 6.03. The zero-order valence-corrected chi connectivity index (χ0v) is 14.7. The van der Waals surface area contributed by atoms with Crippen LogP contribution in [0.15, 0.2) is 59.7 Å². The normalized spacial score (nSPS) is 12.4. The van der Waals surface area contributed by atoms with E-state index < -0.39 is 0 Å². The fourth-order valence-electron chi connectivity index (χ4n) is 2.39. The van der Waals surface area contributed by atoms with E-state index >= 15 is 0 Å². The molecule has 1 atom stereocenters. The maximum Gasteiger partial charge on any atom is 0.271 e. The lowest BCUT2D eigenvalue weighted by atomic mass is 10.1. The lowest BCUT2D eigenvalue weighted by Crippen LogP contribution is -2.28. The standard InChI is InChI=1S/C20H23N3O2/c1-14-8-7-11-18(12-14)20(25)23-22-15(2)13-19(24)21-16(3)17-9-5-4-6-10-17/h4-12,16H,13H2,1-3H3,(H,21,24)(H,23,25)/b22-15-. The van der Waals surface area contributed by atoms with Crippen LogP contribution < -0.4 is 10.7 Å². The molecule has 0 aromatic heterocycles. The van der Waals surface area contributed by atoms with Gasteiger partial charge in [-0.05, 0) is 38.5 Å². The van der Waals surface area contributed by atoms with Crippen LogP contribution >= 0.6 is 0 Å². The number of hydrazone groups is 1. The van der Waals surface area contributed by atoms with E-state index in [0.29, 0.717) is 11.3 Å². The Morgan fingerprint density at radius 2 is 1.80 bits per heavy atom. The van der Waals surface area contributed by atoms with Gasteiger partial charge in [-0.25, -0.2) is 5.43 Å². The third kappa shape index (κ3) is 5.88. The Labute approximate surface area is 148 Å². The summed E-state index contributed by atoms with van der Waals surface area (Å²) in [5, 5.41) is 6.93. The van der Waals surface area contributed by atoms with E-state index in [1.165, 1.54) is 0 Å². The minimum Gasteiger partial charge on any atom is -0.349 e. The number of hydrogen-bond acceptors (Lipinski definition) is 3. The van der Waals surface area contributed by atoms with Crippen molar-refractivity contribution in [2.45, 2.75) is 33.2 Å². The maximum absolute atomic E-state index is 12.1. The molecule has 1 unspecified atom stereocenters. The van der Waals surface area contributed by atoms with Gasteiger partial charge in [-0.15, -0.1) is 0 Å². The number of hydrogen-bond donors (Lipinski definition) is 2. The number of rotatable bonds is 6. The van der Waals surface area contributed by atoms with Crippen molar-refractivity contribution in [2.24, 2.45) is 5.10 Å². The Morgan fingerprint density at radius 3 is 2.48 bits per heavy atom. The molecule has 5 heteroatoms. The molecule has 0 fully saturated rings. The topological polar surface area (TPSA) is 70.6 Å². The molecule has 2 rings (SSSR count). The van der Waals surface area contributed by atoms with Gasteiger partial charge in [-0.3, -0.25) is 9.59 Å².